The van der Waals surface area contributed by atoms with E-state index in [1.807, 2.05) is 6.07 Å². The van der Waals surface area contributed by atoms with Crippen molar-refractivity contribution in [1.82, 2.24) is 4.98 Å². The van der Waals surface area contributed by atoms with Crippen molar-refractivity contribution in [2.24, 2.45) is 0 Å². The van der Waals surface area contributed by atoms with Crippen LogP contribution < -0.4 is 0 Å². The molecule has 0 radical (unpaired) electrons. The summed E-state index contributed by atoms with van der Waals surface area (Å²) >= 11 is 0. The molecule has 0 N–H and O–H groups in total. The van der Waals surface area contributed by atoms with Crippen molar-refractivity contribution in [2.75, 3.05) is 0 Å². The lowest BCUT2D eigenvalue weighted by Gasteiger charge is -2.04. The molecule has 0 fully saturated rings. The van der Waals surface area contributed by atoms with E-state index in [-0.39, 0.29) is 11.1 Å². The lowest BCUT2D eigenvalue weighted by atomic mass is 10.0. The molecular weight excluding hydrogens is 210 g/mol. The summed E-state index contributed by atoms with van der Waals surface area (Å²) in [5.74, 6) is -1.13. The molecule has 0 aliphatic rings. The maximum atomic E-state index is 13.5. The Morgan fingerprint density at radius 1 is 1.12 bits per heavy atom. The van der Waals surface area contributed by atoms with Crippen molar-refractivity contribution in [1.29, 1.82) is 5.26 Å². The van der Waals surface area contributed by atoms with Crippen LogP contribution in [0.25, 0.3) is 11.1 Å². The second-order valence-corrected chi connectivity index (χ2v) is 3.16. The van der Waals surface area contributed by atoms with Gasteiger partial charge in [0.1, 0.15) is 11.6 Å². The summed E-state index contributed by atoms with van der Waals surface area (Å²) in [5.41, 5.74) is 0.603. The average molecular weight is 216 g/mol. The Morgan fingerprint density at radius 2 is 1.94 bits per heavy atom. The van der Waals surface area contributed by atoms with E-state index >= 15 is 0 Å². The molecule has 0 saturated heterocycles. The SMILES string of the molecule is N#Cc1ccncc1-c1cc(F)ccc1F. The second kappa shape index (κ2) is 4.07. The van der Waals surface area contributed by atoms with Crippen molar-refractivity contribution in [3.05, 3.63) is 53.9 Å². The van der Waals surface area contributed by atoms with Gasteiger partial charge < -0.3 is 0 Å². The summed E-state index contributed by atoms with van der Waals surface area (Å²) < 4.78 is 26.5. The molecule has 0 spiro atoms. The summed E-state index contributed by atoms with van der Waals surface area (Å²) in [5, 5.41) is 8.85. The smallest absolute Gasteiger partial charge is 0.131 e. The predicted octanol–water partition coefficient (Wildman–Crippen LogP) is 2.90. The van der Waals surface area contributed by atoms with Crippen molar-refractivity contribution < 1.29 is 8.78 Å². The zero-order chi connectivity index (χ0) is 11.5. The Labute approximate surface area is 90.8 Å². The predicted molar refractivity (Wildman–Crippen MR) is 54.3 cm³/mol. The minimum Gasteiger partial charge on any atom is -0.264 e. The summed E-state index contributed by atoms with van der Waals surface area (Å²) in [7, 11) is 0. The van der Waals surface area contributed by atoms with Crippen LogP contribution in [0.3, 0.4) is 0 Å². The van der Waals surface area contributed by atoms with Crippen LogP contribution in [-0.2, 0) is 0 Å². The molecule has 2 nitrogen and oxygen atoms in total. The first kappa shape index (κ1) is 10.2. The molecule has 4 heteroatoms. The normalized spacial score (nSPS) is 9.81. The number of pyridine rings is 1. The molecule has 0 bridgehead atoms. The summed E-state index contributed by atoms with van der Waals surface area (Å²) in [6.07, 6.45) is 2.77. The molecular formula is C12H6F2N2. The maximum absolute atomic E-state index is 13.5. The van der Waals surface area contributed by atoms with Gasteiger partial charge >= 0.3 is 0 Å². The number of halogens is 2. The molecule has 16 heavy (non-hydrogen) atoms. The van der Waals surface area contributed by atoms with Gasteiger partial charge in [-0.15, -0.1) is 0 Å². The van der Waals surface area contributed by atoms with Crippen LogP contribution in [-0.4, -0.2) is 4.98 Å². The third-order valence-corrected chi connectivity index (χ3v) is 2.16. The molecule has 0 unspecified atom stereocenters. The minimum atomic E-state index is -0.578. The third-order valence-electron chi connectivity index (χ3n) is 2.16. The number of nitrogens with zero attached hydrogens (tertiary/aromatic N) is 2. The fraction of sp³-hybridized carbons (Fsp3) is 0. The molecule has 0 amide bonds. The lowest BCUT2D eigenvalue weighted by molar-refractivity contribution is 0.603. The fourth-order valence-corrected chi connectivity index (χ4v) is 1.41. The van der Waals surface area contributed by atoms with E-state index in [4.69, 9.17) is 5.26 Å². The highest BCUT2D eigenvalue weighted by Crippen LogP contribution is 2.25. The summed E-state index contributed by atoms with van der Waals surface area (Å²) in [4.78, 5) is 3.80. The fourth-order valence-electron chi connectivity index (χ4n) is 1.41. The lowest BCUT2D eigenvalue weighted by Crippen LogP contribution is -1.90. The molecule has 1 aromatic heterocycles. The quantitative estimate of drug-likeness (QED) is 0.734. The Hall–Kier alpha value is -2.28. The first-order valence-electron chi connectivity index (χ1n) is 4.52. The highest BCUT2D eigenvalue weighted by atomic mass is 19.1. The maximum Gasteiger partial charge on any atom is 0.131 e. The van der Waals surface area contributed by atoms with E-state index in [1.54, 1.807) is 0 Å². The van der Waals surface area contributed by atoms with Crippen molar-refractivity contribution in [3.63, 3.8) is 0 Å². The Kier molecular flexibility index (Phi) is 2.61. The van der Waals surface area contributed by atoms with E-state index in [2.05, 4.69) is 4.98 Å². The molecule has 1 aromatic carbocycles. The first-order valence-corrected chi connectivity index (χ1v) is 4.52. The van der Waals surface area contributed by atoms with Gasteiger partial charge in [0.15, 0.2) is 0 Å². The number of hydrogen-bond donors (Lipinski definition) is 0. The zero-order valence-corrected chi connectivity index (χ0v) is 8.11. The van der Waals surface area contributed by atoms with E-state index in [0.29, 0.717) is 5.56 Å². The van der Waals surface area contributed by atoms with Gasteiger partial charge in [0.25, 0.3) is 0 Å². The molecule has 0 aliphatic heterocycles. The van der Waals surface area contributed by atoms with Gasteiger partial charge in [-0.25, -0.2) is 8.78 Å². The van der Waals surface area contributed by atoms with Crippen LogP contribution in [0.4, 0.5) is 8.78 Å². The van der Waals surface area contributed by atoms with E-state index in [0.717, 1.165) is 18.2 Å². The second-order valence-electron chi connectivity index (χ2n) is 3.16. The van der Waals surface area contributed by atoms with Crippen LogP contribution in [0.15, 0.2) is 36.7 Å². The number of benzene rings is 1. The van der Waals surface area contributed by atoms with Gasteiger partial charge in [0, 0.05) is 23.5 Å². The van der Waals surface area contributed by atoms with Crippen LogP contribution in [0.5, 0.6) is 0 Å². The zero-order valence-electron chi connectivity index (χ0n) is 8.11. The van der Waals surface area contributed by atoms with Gasteiger partial charge in [-0.3, -0.25) is 4.98 Å². The van der Waals surface area contributed by atoms with Crippen LogP contribution in [0.1, 0.15) is 5.56 Å². The summed E-state index contributed by atoms with van der Waals surface area (Å²) in [6, 6.07) is 6.47. The van der Waals surface area contributed by atoms with E-state index in [9.17, 15) is 8.78 Å². The van der Waals surface area contributed by atoms with Crippen LogP contribution in [0.2, 0.25) is 0 Å². The molecule has 0 saturated carbocycles. The first-order chi connectivity index (χ1) is 7.72. The van der Waals surface area contributed by atoms with Gasteiger partial charge in [0.05, 0.1) is 11.6 Å². The van der Waals surface area contributed by atoms with Crippen LogP contribution >= 0.6 is 0 Å². The van der Waals surface area contributed by atoms with Crippen LogP contribution in [0, 0.1) is 23.0 Å². The van der Waals surface area contributed by atoms with E-state index in [1.165, 1.54) is 18.5 Å². The topological polar surface area (TPSA) is 36.7 Å². The third kappa shape index (κ3) is 1.75. The largest absolute Gasteiger partial charge is 0.264 e. The molecule has 2 aromatic rings. The molecule has 0 aliphatic carbocycles. The Bertz CT molecular complexity index is 573. The summed E-state index contributed by atoms with van der Waals surface area (Å²) in [6.45, 7) is 0. The Balaban J connectivity index is 2.68. The number of rotatable bonds is 1. The molecule has 78 valence electrons. The highest BCUT2D eigenvalue weighted by molar-refractivity contribution is 5.69. The van der Waals surface area contributed by atoms with Gasteiger partial charge in [-0.2, -0.15) is 5.26 Å². The minimum absolute atomic E-state index is 0.0460. The molecule has 0 atom stereocenters. The number of nitriles is 1. The monoisotopic (exact) mass is 216 g/mol. The standard InChI is InChI=1S/C12H6F2N2/c13-9-1-2-12(14)10(5-9)11-7-16-4-3-8(11)6-15/h1-5,7H. The van der Waals surface area contributed by atoms with E-state index < -0.39 is 11.6 Å². The van der Waals surface area contributed by atoms with Gasteiger partial charge in [-0.05, 0) is 24.3 Å². The highest BCUT2D eigenvalue weighted by Gasteiger charge is 2.10. The van der Waals surface area contributed by atoms with Gasteiger partial charge in [0.2, 0.25) is 0 Å². The van der Waals surface area contributed by atoms with Crippen molar-refractivity contribution in [2.45, 2.75) is 0 Å². The Morgan fingerprint density at radius 3 is 2.69 bits per heavy atom. The molecule has 2 rings (SSSR count). The number of aromatic nitrogens is 1. The molecule has 1 heterocycles. The van der Waals surface area contributed by atoms with Gasteiger partial charge in [-0.1, -0.05) is 0 Å². The average Bonchev–Trinajstić information content (AvgIpc) is 2.32. The number of hydrogen-bond acceptors (Lipinski definition) is 2. The van der Waals surface area contributed by atoms with Crippen molar-refractivity contribution in [3.8, 4) is 17.2 Å². The van der Waals surface area contributed by atoms with Crippen molar-refractivity contribution >= 4 is 0 Å².